The average Bonchev–Trinajstić information content (AvgIpc) is 2.41. The Morgan fingerprint density at radius 1 is 1.05 bits per heavy atom. The van der Waals surface area contributed by atoms with E-state index in [1.54, 1.807) is 0 Å². The molecule has 0 saturated heterocycles. The molecule has 0 aliphatic rings. The maximum atomic E-state index is 12.0. The number of aromatic hydroxyl groups is 2. The number of sulfone groups is 1. The Hall–Kier alpha value is -2.54. The molecule has 0 heterocycles. The molecule has 0 aliphatic heterocycles. The van der Waals surface area contributed by atoms with Crippen molar-refractivity contribution in [2.24, 2.45) is 0 Å². The third-order valence-electron chi connectivity index (χ3n) is 2.80. The first-order chi connectivity index (χ1) is 9.79. The zero-order chi connectivity index (χ0) is 15.6. The van der Waals surface area contributed by atoms with Crippen molar-refractivity contribution < 1.29 is 23.4 Å². The third-order valence-corrected chi connectivity index (χ3v) is 3.93. The highest BCUT2D eigenvalue weighted by Crippen LogP contribution is 2.28. The Balaban J connectivity index is 2.22. The van der Waals surface area contributed by atoms with Gasteiger partial charge in [0.05, 0.1) is 10.5 Å². The van der Waals surface area contributed by atoms with Crippen molar-refractivity contribution in [3.05, 3.63) is 48.0 Å². The lowest BCUT2D eigenvalue weighted by atomic mass is 10.1. The van der Waals surface area contributed by atoms with Crippen molar-refractivity contribution in [3.8, 4) is 11.5 Å². The van der Waals surface area contributed by atoms with Crippen molar-refractivity contribution in [1.29, 1.82) is 0 Å². The summed E-state index contributed by atoms with van der Waals surface area (Å²) < 4.78 is 22.6. The smallest absolute Gasteiger partial charge is 0.259 e. The van der Waals surface area contributed by atoms with Gasteiger partial charge in [-0.25, -0.2) is 8.42 Å². The molecule has 110 valence electrons. The Labute approximate surface area is 121 Å². The van der Waals surface area contributed by atoms with E-state index in [0.29, 0.717) is 5.69 Å². The predicted octanol–water partition coefficient (Wildman–Crippen LogP) is 1.75. The van der Waals surface area contributed by atoms with E-state index in [2.05, 4.69) is 5.32 Å². The first-order valence-electron chi connectivity index (χ1n) is 5.91. The van der Waals surface area contributed by atoms with Crippen LogP contribution in [-0.2, 0) is 9.84 Å². The van der Waals surface area contributed by atoms with Crippen LogP contribution in [0.25, 0.3) is 0 Å². The Kier molecular flexibility index (Phi) is 3.86. The lowest BCUT2D eigenvalue weighted by Gasteiger charge is -2.08. The minimum Gasteiger partial charge on any atom is -0.504 e. The van der Waals surface area contributed by atoms with Crippen LogP contribution in [0.4, 0.5) is 5.69 Å². The van der Waals surface area contributed by atoms with Crippen LogP contribution in [0.15, 0.2) is 47.4 Å². The summed E-state index contributed by atoms with van der Waals surface area (Å²) in [6.45, 7) is 0. The Morgan fingerprint density at radius 3 is 2.24 bits per heavy atom. The average molecular weight is 307 g/mol. The molecule has 0 bridgehead atoms. The number of carbonyl (C=O) groups is 1. The molecule has 3 N–H and O–H groups in total. The second kappa shape index (κ2) is 5.45. The van der Waals surface area contributed by atoms with Gasteiger partial charge in [-0.05, 0) is 36.4 Å². The molecule has 0 fully saturated rings. The van der Waals surface area contributed by atoms with Crippen LogP contribution in [0.5, 0.6) is 11.5 Å². The largest absolute Gasteiger partial charge is 0.504 e. The zero-order valence-corrected chi connectivity index (χ0v) is 11.9. The van der Waals surface area contributed by atoms with Crippen molar-refractivity contribution in [2.45, 2.75) is 4.90 Å². The summed E-state index contributed by atoms with van der Waals surface area (Å²) in [5.41, 5.74) is 0.289. The molecule has 0 radical (unpaired) electrons. The van der Waals surface area contributed by atoms with Gasteiger partial charge < -0.3 is 15.5 Å². The second-order valence-corrected chi connectivity index (χ2v) is 6.44. The van der Waals surface area contributed by atoms with Crippen molar-refractivity contribution in [2.75, 3.05) is 11.6 Å². The summed E-state index contributed by atoms with van der Waals surface area (Å²) in [4.78, 5) is 12.1. The fourth-order valence-electron chi connectivity index (χ4n) is 1.70. The number of phenols is 2. The molecule has 0 atom stereocenters. The van der Waals surface area contributed by atoms with Gasteiger partial charge in [0.25, 0.3) is 5.91 Å². The van der Waals surface area contributed by atoms with Crippen molar-refractivity contribution in [3.63, 3.8) is 0 Å². The molecule has 0 aromatic heterocycles. The van der Waals surface area contributed by atoms with Crippen LogP contribution in [-0.4, -0.2) is 30.8 Å². The van der Waals surface area contributed by atoms with Gasteiger partial charge in [-0.1, -0.05) is 6.07 Å². The number of benzene rings is 2. The molecular formula is C14H13NO5S. The van der Waals surface area contributed by atoms with Gasteiger partial charge in [0.2, 0.25) is 0 Å². The summed E-state index contributed by atoms with van der Waals surface area (Å²) in [6.07, 6.45) is 1.09. The standard InChI is InChI=1S/C14H13NO5S/c1-21(19,20)10-7-5-9(6-8-10)15-14(18)11-3-2-4-12(16)13(11)17/h2-8,16-17H,1H3,(H,15,18). The first-order valence-corrected chi connectivity index (χ1v) is 7.80. The van der Waals surface area contributed by atoms with E-state index in [1.807, 2.05) is 0 Å². The van der Waals surface area contributed by atoms with Gasteiger partial charge in [-0.3, -0.25) is 4.79 Å². The van der Waals surface area contributed by atoms with E-state index in [4.69, 9.17) is 0 Å². The van der Waals surface area contributed by atoms with Crippen LogP contribution >= 0.6 is 0 Å². The van der Waals surface area contributed by atoms with Gasteiger partial charge in [-0.2, -0.15) is 0 Å². The van der Waals surface area contributed by atoms with E-state index < -0.39 is 27.2 Å². The maximum absolute atomic E-state index is 12.0. The van der Waals surface area contributed by atoms with E-state index >= 15 is 0 Å². The number of rotatable bonds is 3. The van der Waals surface area contributed by atoms with Crippen LogP contribution in [0.2, 0.25) is 0 Å². The monoisotopic (exact) mass is 307 g/mol. The van der Waals surface area contributed by atoms with E-state index in [-0.39, 0.29) is 10.5 Å². The molecule has 21 heavy (non-hydrogen) atoms. The normalized spacial score (nSPS) is 11.1. The number of amides is 1. The number of anilines is 1. The van der Waals surface area contributed by atoms with Gasteiger partial charge >= 0.3 is 0 Å². The van der Waals surface area contributed by atoms with Gasteiger partial charge in [0.1, 0.15) is 0 Å². The fraction of sp³-hybridized carbons (Fsp3) is 0.0714. The summed E-state index contributed by atoms with van der Waals surface area (Å²) in [5, 5.41) is 21.5. The third kappa shape index (κ3) is 3.32. The number of carbonyl (C=O) groups excluding carboxylic acids is 1. The second-order valence-electron chi connectivity index (χ2n) is 4.42. The number of para-hydroxylation sites is 1. The molecule has 0 unspecified atom stereocenters. The molecule has 2 rings (SSSR count). The number of hydrogen-bond donors (Lipinski definition) is 3. The van der Waals surface area contributed by atoms with E-state index in [9.17, 15) is 23.4 Å². The summed E-state index contributed by atoms with van der Waals surface area (Å²) in [6, 6.07) is 9.65. The highest BCUT2D eigenvalue weighted by atomic mass is 32.2. The van der Waals surface area contributed by atoms with Crippen molar-refractivity contribution >= 4 is 21.4 Å². The summed E-state index contributed by atoms with van der Waals surface area (Å²) >= 11 is 0. The Bertz CT molecular complexity index is 782. The minimum atomic E-state index is -3.30. The predicted molar refractivity (Wildman–Crippen MR) is 77.3 cm³/mol. The zero-order valence-electron chi connectivity index (χ0n) is 11.1. The van der Waals surface area contributed by atoms with Crippen LogP contribution < -0.4 is 5.32 Å². The fourth-order valence-corrected chi connectivity index (χ4v) is 2.33. The van der Waals surface area contributed by atoms with Crippen LogP contribution in [0, 0.1) is 0 Å². The SMILES string of the molecule is CS(=O)(=O)c1ccc(NC(=O)c2cccc(O)c2O)cc1. The summed E-state index contributed by atoms with van der Waals surface area (Å²) in [5.74, 6) is -1.52. The highest BCUT2D eigenvalue weighted by molar-refractivity contribution is 7.90. The Morgan fingerprint density at radius 2 is 1.67 bits per heavy atom. The maximum Gasteiger partial charge on any atom is 0.259 e. The first kappa shape index (κ1) is 14.9. The number of phenolic OH excluding ortho intramolecular Hbond substituents is 2. The van der Waals surface area contributed by atoms with Gasteiger partial charge in [0, 0.05) is 11.9 Å². The molecule has 7 heteroatoms. The lowest BCUT2D eigenvalue weighted by molar-refractivity contribution is 0.102. The molecule has 6 nitrogen and oxygen atoms in total. The molecule has 2 aromatic carbocycles. The molecule has 0 aliphatic carbocycles. The molecule has 0 saturated carbocycles. The molecule has 2 aromatic rings. The quantitative estimate of drug-likeness (QED) is 0.750. The van der Waals surface area contributed by atoms with Crippen molar-refractivity contribution in [1.82, 2.24) is 0 Å². The highest BCUT2D eigenvalue weighted by Gasteiger charge is 2.14. The lowest BCUT2D eigenvalue weighted by Crippen LogP contribution is -2.12. The van der Waals surface area contributed by atoms with Crippen LogP contribution in [0.1, 0.15) is 10.4 Å². The topological polar surface area (TPSA) is 104 Å². The minimum absolute atomic E-state index is 0.0813. The molecular weight excluding hydrogens is 294 g/mol. The number of nitrogens with one attached hydrogen (secondary N) is 1. The van der Waals surface area contributed by atoms with Gasteiger partial charge in [0.15, 0.2) is 21.3 Å². The summed E-state index contributed by atoms with van der Waals surface area (Å²) in [7, 11) is -3.30. The molecule has 0 spiro atoms. The van der Waals surface area contributed by atoms with Crippen LogP contribution in [0.3, 0.4) is 0 Å². The van der Waals surface area contributed by atoms with E-state index in [1.165, 1.54) is 42.5 Å². The van der Waals surface area contributed by atoms with Gasteiger partial charge in [-0.15, -0.1) is 0 Å². The number of hydrogen-bond acceptors (Lipinski definition) is 5. The molecule has 1 amide bonds. The van der Waals surface area contributed by atoms with E-state index in [0.717, 1.165) is 6.26 Å².